The van der Waals surface area contributed by atoms with E-state index in [1.54, 1.807) is 0 Å². The minimum Gasteiger partial charge on any atom is -0.376 e. The van der Waals surface area contributed by atoms with Gasteiger partial charge < -0.3 is 14.2 Å². The normalized spacial score (nSPS) is 36.6. The van der Waals surface area contributed by atoms with Gasteiger partial charge in [0.1, 0.15) is 22.2 Å². The molecule has 0 amide bonds. The van der Waals surface area contributed by atoms with Crippen LogP contribution in [0.4, 0.5) is 0 Å². The van der Waals surface area contributed by atoms with Gasteiger partial charge in [0.15, 0.2) is 0 Å². The summed E-state index contributed by atoms with van der Waals surface area (Å²) in [6.45, 7) is 10.6. The van der Waals surface area contributed by atoms with E-state index in [2.05, 4.69) is 22.6 Å². The van der Waals surface area contributed by atoms with E-state index in [0.29, 0.717) is 6.61 Å². The van der Waals surface area contributed by atoms with Gasteiger partial charge in [0, 0.05) is 0 Å². The summed E-state index contributed by atoms with van der Waals surface area (Å²) in [4.78, 5) is 0. The topological polar surface area (TPSA) is 27.7 Å². The third kappa shape index (κ3) is 4.26. The molecule has 0 aromatic carbocycles. The monoisotopic (exact) mass is 385 g/mol. The Labute approximate surface area is 130 Å². The fourth-order valence-electron chi connectivity index (χ4n) is 1.98. The van der Waals surface area contributed by atoms with E-state index >= 15 is 0 Å². The molecule has 1 saturated heterocycles. The fourth-order valence-corrected chi connectivity index (χ4v) is 3.47. The van der Waals surface area contributed by atoms with Crippen LogP contribution in [-0.4, -0.2) is 47.1 Å². The van der Waals surface area contributed by atoms with Crippen molar-refractivity contribution in [2.24, 2.45) is 0 Å². The van der Waals surface area contributed by atoms with Crippen molar-refractivity contribution in [1.82, 2.24) is 0 Å². The van der Waals surface area contributed by atoms with Crippen LogP contribution in [0.15, 0.2) is 0 Å². The minimum absolute atomic E-state index is 0.0223. The maximum Gasteiger partial charge on any atom is 0.149 e. The number of halogens is 1. The first-order chi connectivity index (χ1) is 8.28. The van der Waals surface area contributed by atoms with Gasteiger partial charge in [-0.25, -0.2) is 0 Å². The summed E-state index contributed by atoms with van der Waals surface area (Å²) in [6, 6.07) is -0.0223. The Morgan fingerprint density at radius 2 is 1.94 bits per heavy atom. The molecule has 1 rings (SSSR count). The molecule has 6 heteroatoms. The van der Waals surface area contributed by atoms with E-state index in [0.717, 1.165) is 0 Å². The van der Waals surface area contributed by atoms with Crippen molar-refractivity contribution in [3.05, 3.63) is 0 Å². The molecular formula is C12H23BIO3S. The van der Waals surface area contributed by atoms with Gasteiger partial charge in [-0.3, -0.25) is 0 Å². The van der Waals surface area contributed by atoms with Crippen molar-refractivity contribution in [3.8, 4) is 0 Å². The van der Waals surface area contributed by atoms with Crippen LogP contribution in [0.2, 0.25) is 6.82 Å². The Morgan fingerprint density at radius 3 is 2.39 bits per heavy atom. The van der Waals surface area contributed by atoms with E-state index in [4.69, 9.17) is 26.8 Å². The average Bonchev–Trinajstić information content (AvgIpc) is 2.48. The molecule has 0 aromatic rings. The third-order valence-corrected chi connectivity index (χ3v) is 4.51. The molecule has 1 fully saturated rings. The lowest BCUT2D eigenvalue weighted by molar-refractivity contribution is -0.0808. The molecule has 18 heavy (non-hydrogen) atoms. The van der Waals surface area contributed by atoms with E-state index in [1.165, 1.54) is 0 Å². The van der Waals surface area contributed by atoms with Gasteiger partial charge in [0.2, 0.25) is 0 Å². The van der Waals surface area contributed by atoms with Crippen LogP contribution in [0.25, 0.3) is 0 Å². The van der Waals surface area contributed by atoms with Gasteiger partial charge in [0.25, 0.3) is 0 Å². The van der Waals surface area contributed by atoms with Crippen molar-refractivity contribution in [1.29, 1.82) is 0 Å². The molecule has 0 saturated carbocycles. The molecule has 3 unspecified atom stereocenters. The van der Waals surface area contributed by atoms with Gasteiger partial charge in [-0.1, -0.05) is 29.4 Å². The molecule has 1 aliphatic rings. The second-order valence-corrected chi connectivity index (χ2v) is 8.52. The quantitative estimate of drug-likeness (QED) is 0.330. The molecule has 1 aliphatic heterocycles. The van der Waals surface area contributed by atoms with E-state index in [-0.39, 0.29) is 33.2 Å². The van der Waals surface area contributed by atoms with Crippen LogP contribution in [0.3, 0.4) is 0 Å². The smallest absolute Gasteiger partial charge is 0.149 e. The number of alkyl halides is 1. The number of hydrogen-bond donors (Lipinski definition) is 1. The van der Waals surface area contributed by atoms with Gasteiger partial charge in [-0.2, -0.15) is 12.6 Å². The summed E-state index contributed by atoms with van der Waals surface area (Å²) in [6.07, 6.45) is 0.213. The maximum absolute atomic E-state index is 6.00. The Kier molecular flexibility index (Phi) is 6.79. The van der Waals surface area contributed by atoms with E-state index in [9.17, 15) is 0 Å². The number of thiol groups is 1. The summed E-state index contributed by atoms with van der Waals surface area (Å²) in [5.41, 5.74) is 0. The summed E-state index contributed by atoms with van der Waals surface area (Å²) in [7, 11) is 2.03. The SMILES string of the molecule is C[B]C1OC(COC(C)C)C(OC(C)C)[C@]1(S)I. The summed E-state index contributed by atoms with van der Waals surface area (Å²) in [5, 5.41) is 0. The predicted molar refractivity (Wildman–Crippen MR) is 87.1 cm³/mol. The molecule has 0 aromatic heterocycles. The summed E-state index contributed by atoms with van der Waals surface area (Å²) < 4.78 is 17.3. The molecule has 1 radical (unpaired) electrons. The van der Waals surface area contributed by atoms with E-state index < -0.39 is 0 Å². The summed E-state index contributed by atoms with van der Waals surface area (Å²) in [5.74, 6) is 0. The lowest BCUT2D eigenvalue weighted by atomic mass is 9.73. The van der Waals surface area contributed by atoms with Gasteiger partial charge in [0.05, 0.1) is 24.8 Å². The first kappa shape index (κ1) is 17.1. The zero-order chi connectivity index (χ0) is 13.9. The van der Waals surface area contributed by atoms with Crippen molar-refractivity contribution < 1.29 is 14.2 Å². The highest BCUT2D eigenvalue weighted by Crippen LogP contribution is 2.44. The van der Waals surface area contributed by atoms with Crippen molar-refractivity contribution in [2.45, 2.75) is 67.7 Å². The molecule has 0 spiro atoms. The summed E-state index contributed by atoms with van der Waals surface area (Å²) >= 11 is 7.07. The van der Waals surface area contributed by atoms with Crippen molar-refractivity contribution in [2.75, 3.05) is 6.61 Å². The standard InChI is InChI=1S/C12H23BIO3S/c1-7(2)15-6-9-10(16-8(3)4)12(14,18)11(13-5)17-9/h7-11,18H,6H2,1-5H3/t9?,10?,11?,12-/m1/s1. The highest BCUT2D eigenvalue weighted by Gasteiger charge is 2.53. The molecular weight excluding hydrogens is 362 g/mol. The fraction of sp³-hybridized carbons (Fsp3) is 1.00. The zero-order valence-electron chi connectivity index (χ0n) is 11.7. The molecule has 0 N–H and O–H groups in total. The highest BCUT2D eigenvalue weighted by atomic mass is 127. The van der Waals surface area contributed by atoms with E-state index in [1.807, 2.05) is 41.8 Å². The van der Waals surface area contributed by atoms with Crippen molar-refractivity contribution in [3.63, 3.8) is 0 Å². The van der Waals surface area contributed by atoms with Crippen LogP contribution < -0.4 is 0 Å². The first-order valence-corrected chi connectivity index (χ1v) is 7.94. The first-order valence-electron chi connectivity index (χ1n) is 6.42. The molecule has 4 atom stereocenters. The molecule has 3 nitrogen and oxygen atoms in total. The maximum atomic E-state index is 6.00. The van der Waals surface area contributed by atoms with Gasteiger partial charge in [-0.15, -0.1) is 0 Å². The Balaban J connectivity index is 2.74. The van der Waals surface area contributed by atoms with Crippen LogP contribution in [0, 0.1) is 0 Å². The lowest BCUT2D eigenvalue weighted by Crippen LogP contribution is -2.43. The molecule has 0 aliphatic carbocycles. The average molecular weight is 385 g/mol. The number of hydrogen-bond acceptors (Lipinski definition) is 4. The minimum atomic E-state index is -0.345. The van der Waals surface area contributed by atoms with Gasteiger partial charge in [-0.05, 0) is 27.7 Å². The second kappa shape index (κ2) is 7.15. The Morgan fingerprint density at radius 1 is 1.33 bits per heavy atom. The lowest BCUT2D eigenvalue weighted by Gasteiger charge is -2.30. The largest absolute Gasteiger partial charge is 0.376 e. The van der Waals surface area contributed by atoms with Crippen molar-refractivity contribution >= 4 is 42.5 Å². The Bertz CT molecular complexity index is 264. The molecule has 105 valence electrons. The third-order valence-electron chi connectivity index (χ3n) is 2.77. The zero-order valence-corrected chi connectivity index (χ0v) is 14.8. The second-order valence-electron chi connectivity index (χ2n) is 5.14. The molecule has 0 bridgehead atoms. The number of ether oxygens (including phenoxy) is 3. The number of rotatable bonds is 6. The molecule has 1 heterocycles. The van der Waals surface area contributed by atoms with Crippen LogP contribution in [0.1, 0.15) is 27.7 Å². The van der Waals surface area contributed by atoms with Crippen LogP contribution >= 0.6 is 35.2 Å². The predicted octanol–water partition coefficient (Wildman–Crippen LogP) is 2.74. The van der Waals surface area contributed by atoms with Gasteiger partial charge >= 0.3 is 0 Å². The van der Waals surface area contributed by atoms with Crippen LogP contribution in [0.5, 0.6) is 0 Å². The van der Waals surface area contributed by atoms with Crippen LogP contribution in [-0.2, 0) is 14.2 Å². The highest BCUT2D eigenvalue weighted by molar-refractivity contribution is 14.1. The Hall–Kier alpha value is 1.02.